The molecule has 5 nitrogen and oxygen atoms in total. The SMILES string of the molecule is C=C(Cn1cnc2ccccc2c1=O)C(=O)OCC. The molecule has 5 heteroatoms. The van der Waals surface area contributed by atoms with Crippen molar-refractivity contribution in [3.8, 4) is 0 Å². The minimum Gasteiger partial charge on any atom is -0.463 e. The van der Waals surface area contributed by atoms with Gasteiger partial charge in [-0.3, -0.25) is 9.36 Å². The zero-order valence-corrected chi connectivity index (χ0v) is 10.6. The predicted octanol–water partition coefficient (Wildman–Crippen LogP) is 1.52. The van der Waals surface area contributed by atoms with Crippen molar-refractivity contribution in [1.29, 1.82) is 0 Å². The van der Waals surface area contributed by atoms with Gasteiger partial charge in [0.25, 0.3) is 5.56 Å². The van der Waals surface area contributed by atoms with Gasteiger partial charge in [-0.2, -0.15) is 0 Å². The molecule has 0 spiro atoms. The predicted molar refractivity (Wildman–Crippen MR) is 71.8 cm³/mol. The molecule has 2 rings (SSSR count). The molecule has 0 aliphatic carbocycles. The van der Waals surface area contributed by atoms with Gasteiger partial charge in [0, 0.05) is 5.57 Å². The van der Waals surface area contributed by atoms with E-state index in [0.717, 1.165) is 0 Å². The van der Waals surface area contributed by atoms with Crippen molar-refractivity contribution in [3.05, 3.63) is 53.1 Å². The summed E-state index contributed by atoms with van der Waals surface area (Å²) in [6.07, 6.45) is 1.41. The maximum Gasteiger partial charge on any atom is 0.335 e. The monoisotopic (exact) mass is 258 g/mol. The molecule has 0 unspecified atom stereocenters. The van der Waals surface area contributed by atoms with Gasteiger partial charge in [0.15, 0.2) is 0 Å². The number of nitrogens with zero attached hydrogens (tertiary/aromatic N) is 2. The van der Waals surface area contributed by atoms with Crippen molar-refractivity contribution < 1.29 is 9.53 Å². The Morgan fingerprint density at radius 3 is 2.89 bits per heavy atom. The molecule has 0 saturated carbocycles. The zero-order valence-electron chi connectivity index (χ0n) is 10.6. The molecular weight excluding hydrogens is 244 g/mol. The normalized spacial score (nSPS) is 10.4. The molecule has 0 bridgehead atoms. The second-order valence-corrected chi connectivity index (χ2v) is 4.02. The Bertz CT molecular complexity index is 688. The van der Waals surface area contributed by atoms with Crippen LogP contribution in [0.2, 0.25) is 0 Å². The Morgan fingerprint density at radius 2 is 2.16 bits per heavy atom. The molecule has 0 saturated heterocycles. The van der Waals surface area contributed by atoms with Crippen LogP contribution in [-0.2, 0) is 16.1 Å². The summed E-state index contributed by atoms with van der Waals surface area (Å²) >= 11 is 0. The fraction of sp³-hybridized carbons (Fsp3) is 0.214. The van der Waals surface area contributed by atoms with Gasteiger partial charge in [0.1, 0.15) is 0 Å². The lowest BCUT2D eigenvalue weighted by atomic mass is 10.2. The van der Waals surface area contributed by atoms with E-state index in [9.17, 15) is 9.59 Å². The minimum absolute atomic E-state index is 0.0789. The Hall–Kier alpha value is -2.43. The average Bonchev–Trinajstić information content (AvgIpc) is 2.42. The van der Waals surface area contributed by atoms with Crippen molar-refractivity contribution in [2.75, 3.05) is 6.61 Å². The van der Waals surface area contributed by atoms with Crippen LogP contribution in [-0.4, -0.2) is 22.1 Å². The number of rotatable bonds is 4. The summed E-state index contributed by atoms with van der Waals surface area (Å²) in [6, 6.07) is 7.06. The van der Waals surface area contributed by atoms with Crippen LogP contribution in [0.3, 0.4) is 0 Å². The van der Waals surface area contributed by atoms with Crippen LogP contribution in [0.1, 0.15) is 6.92 Å². The third-order valence-corrected chi connectivity index (χ3v) is 2.66. The summed E-state index contributed by atoms with van der Waals surface area (Å²) in [5.74, 6) is -0.498. The van der Waals surface area contributed by atoms with E-state index in [2.05, 4.69) is 11.6 Å². The largest absolute Gasteiger partial charge is 0.463 e. The standard InChI is InChI=1S/C14H14N2O3/c1-3-19-14(18)10(2)8-16-9-15-12-7-5-4-6-11(12)13(16)17/h4-7,9H,2-3,8H2,1H3. The van der Waals surface area contributed by atoms with Crippen molar-refractivity contribution in [2.45, 2.75) is 13.5 Å². The molecule has 0 amide bonds. The van der Waals surface area contributed by atoms with Gasteiger partial charge in [-0.1, -0.05) is 18.7 Å². The summed E-state index contributed by atoms with van der Waals surface area (Å²) in [5.41, 5.74) is 0.655. The van der Waals surface area contributed by atoms with Gasteiger partial charge in [0.2, 0.25) is 0 Å². The summed E-state index contributed by atoms with van der Waals surface area (Å²) in [6.45, 7) is 5.70. The van der Waals surface area contributed by atoms with E-state index >= 15 is 0 Å². The molecule has 0 radical (unpaired) electrons. The van der Waals surface area contributed by atoms with E-state index in [0.29, 0.717) is 10.9 Å². The summed E-state index contributed by atoms with van der Waals surface area (Å²) in [4.78, 5) is 27.8. The Balaban J connectivity index is 2.32. The number of esters is 1. The molecule has 0 N–H and O–H groups in total. The smallest absolute Gasteiger partial charge is 0.335 e. The Morgan fingerprint density at radius 1 is 1.42 bits per heavy atom. The first-order chi connectivity index (χ1) is 9.13. The molecule has 19 heavy (non-hydrogen) atoms. The number of hydrogen-bond donors (Lipinski definition) is 0. The number of hydrogen-bond acceptors (Lipinski definition) is 4. The van der Waals surface area contributed by atoms with E-state index in [1.54, 1.807) is 25.1 Å². The van der Waals surface area contributed by atoms with E-state index < -0.39 is 5.97 Å². The number of benzene rings is 1. The first kappa shape index (κ1) is 13.0. The second kappa shape index (κ2) is 5.48. The van der Waals surface area contributed by atoms with Gasteiger partial charge < -0.3 is 4.74 Å². The van der Waals surface area contributed by atoms with E-state index in [4.69, 9.17) is 4.74 Å². The highest BCUT2D eigenvalue weighted by Gasteiger charge is 2.10. The van der Waals surface area contributed by atoms with Crippen molar-refractivity contribution in [2.24, 2.45) is 0 Å². The molecule has 0 aliphatic rings. The topological polar surface area (TPSA) is 61.2 Å². The molecule has 2 aromatic rings. The molecule has 98 valence electrons. The van der Waals surface area contributed by atoms with Crippen LogP contribution in [0, 0.1) is 0 Å². The minimum atomic E-state index is -0.498. The number of aromatic nitrogens is 2. The number of carbonyl (C=O) groups excluding carboxylic acids is 1. The van der Waals surface area contributed by atoms with Crippen LogP contribution in [0.5, 0.6) is 0 Å². The average molecular weight is 258 g/mol. The van der Waals surface area contributed by atoms with Gasteiger partial charge in [0.05, 0.1) is 30.4 Å². The fourth-order valence-corrected chi connectivity index (χ4v) is 1.72. The van der Waals surface area contributed by atoms with Crippen LogP contribution >= 0.6 is 0 Å². The maximum atomic E-state index is 12.2. The first-order valence-electron chi connectivity index (χ1n) is 5.92. The Labute approximate surface area is 110 Å². The molecule has 1 aromatic heterocycles. The van der Waals surface area contributed by atoms with Gasteiger partial charge >= 0.3 is 5.97 Å². The number of carbonyl (C=O) groups is 1. The van der Waals surface area contributed by atoms with E-state index in [-0.39, 0.29) is 24.3 Å². The van der Waals surface area contributed by atoms with Crippen LogP contribution in [0.25, 0.3) is 10.9 Å². The summed E-state index contributed by atoms with van der Waals surface area (Å²) in [7, 11) is 0. The van der Waals surface area contributed by atoms with Crippen molar-refractivity contribution in [3.63, 3.8) is 0 Å². The fourth-order valence-electron chi connectivity index (χ4n) is 1.72. The summed E-state index contributed by atoms with van der Waals surface area (Å²) in [5, 5.41) is 0.515. The molecule has 1 aromatic carbocycles. The number of para-hydroxylation sites is 1. The van der Waals surface area contributed by atoms with Crippen LogP contribution in [0.15, 0.2) is 47.5 Å². The van der Waals surface area contributed by atoms with E-state index in [1.165, 1.54) is 10.9 Å². The highest BCUT2D eigenvalue weighted by Crippen LogP contribution is 2.06. The van der Waals surface area contributed by atoms with Gasteiger partial charge in [-0.25, -0.2) is 9.78 Å². The quantitative estimate of drug-likeness (QED) is 0.616. The van der Waals surface area contributed by atoms with Crippen molar-refractivity contribution in [1.82, 2.24) is 9.55 Å². The third kappa shape index (κ3) is 2.70. The zero-order chi connectivity index (χ0) is 13.8. The van der Waals surface area contributed by atoms with Gasteiger partial charge in [-0.05, 0) is 19.1 Å². The van der Waals surface area contributed by atoms with Crippen molar-refractivity contribution >= 4 is 16.9 Å². The van der Waals surface area contributed by atoms with Crippen LogP contribution < -0.4 is 5.56 Å². The lowest BCUT2D eigenvalue weighted by Gasteiger charge is -2.08. The van der Waals surface area contributed by atoms with Crippen LogP contribution in [0.4, 0.5) is 0 Å². The van der Waals surface area contributed by atoms with E-state index in [1.807, 2.05) is 6.07 Å². The highest BCUT2D eigenvalue weighted by atomic mass is 16.5. The highest BCUT2D eigenvalue weighted by molar-refractivity contribution is 5.87. The molecule has 1 heterocycles. The third-order valence-electron chi connectivity index (χ3n) is 2.66. The molecule has 0 aliphatic heterocycles. The van der Waals surface area contributed by atoms with Gasteiger partial charge in [-0.15, -0.1) is 0 Å². The molecule has 0 atom stereocenters. The second-order valence-electron chi connectivity index (χ2n) is 4.02. The first-order valence-corrected chi connectivity index (χ1v) is 5.92. The maximum absolute atomic E-state index is 12.2. The lowest BCUT2D eigenvalue weighted by molar-refractivity contribution is -0.138. The molecule has 0 fully saturated rings. The lowest BCUT2D eigenvalue weighted by Crippen LogP contribution is -2.23. The molecular formula is C14H14N2O3. The Kier molecular flexibility index (Phi) is 3.75. The number of ether oxygens (including phenoxy) is 1. The number of fused-ring (bicyclic) bond motifs is 1. The summed E-state index contributed by atoms with van der Waals surface area (Å²) < 4.78 is 6.18.